The molecule has 0 bridgehead atoms. The molecule has 0 aliphatic rings. The molecule has 0 atom stereocenters. The fourth-order valence-corrected chi connectivity index (χ4v) is 2.59. The number of fused-ring (bicyclic) bond motifs is 1. The quantitative estimate of drug-likeness (QED) is 0.178. The van der Waals surface area contributed by atoms with Crippen molar-refractivity contribution in [3.05, 3.63) is 22.1 Å². The van der Waals surface area contributed by atoms with E-state index >= 15 is 0 Å². The topological polar surface area (TPSA) is 165 Å². The molecule has 2 aromatic heterocycles. The van der Waals surface area contributed by atoms with Crippen molar-refractivity contribution in [2.75, 3.05) is 33.9 Å². The van der Waals surface area contributed by atoms with Gasteiger partial charge in [0.2, 0.25) is 5.95 Å². The first kappa shape index (κ1) is 25.5. The third kappa shape index (κ3) is 5.71. The highest BCUT2D eigenvalue weighted by Gasteiger charge is 2.28. The van der Waals surface area contributed by atoms with Crippen LogP contribution in [-0.4, -0.2) is 86.5 Å². The molecule has 12 heteroatoms. The Morgan fingerprint density at radius 3 is 2.44 bits per heavy atom. The normalized spacial score (nSPS) is 12.6. The van der Waals surface area contributed by atoms with E-state index < -0.39 is 42.3 Å². The molecule has 32 heavy (non-hydrogen) atoms. The number of carbonyl (C=O) groups excluding carboxylic acids is 1. The van der Waals surface area contributed by atoms with Crippen LogP contribution in [0.3, 0.4) is 0 Å². The van der Waals surface area contributed by atoms with Crippen LogP contribution in [0, 0.1) is 5.41 Å². The SMILES string of the molecule is CN(C)/C=N/c1nc2c(CNC(CO)(CO)CO)c[nH]c2c(=O)n1COC(=O)C(C)(C)C. The highest BCUT2D eigenvalue weighted by molar-refractivity contribution is 5.79. The number of esters is 1. The average molecular weight is 453 g/mol. The second-order valence-electron chi connectivity index (χ2n) is 8.81. The summed E-state index contributed by atoms with van der Waals surface area (Å²) in [7, 11) is 3.52. The lowest BCUT2D eigenvalue weighted by Crippen LogP contribution is -2.54. The maximum absolute atomic E-state index is 13.1. The van der Waals surface area contributed by atoms with Gasteiger partial charge in [-0.3, -0.25) is 9.59 Å². The van der Waals surface area contributed by atoms with Gasteiger partial charge in [0.25, 0.3) is 5.56 Å². The number of hydrogen-bond acceptors (Lipinski definition) is 9. The minimum atomic E-state index is -1.29. The number of carbonyl (C=O) groups is 1. The maximum atomic E-state index is 13.1. The summed E-state index contributed by atoms with van der Waals surface area (Å²) in [4.78, 5) is 38.5. The number of nitrogens with one attached hydrogen (secondary N) is 2. The lowest BCUT2D eigenvalue weighted by molar-refractivity contribution is -0.157. The Bertz CT molecular complexity index is 1010. The van der Waals surface area contributed by atoms with Gasteiger partial charge < -0.3 is 35.3 Å². The van der Waals surface area contributed by atoms with Gasteiger partial charge in [-0.25, -0.2) is 14.5 Å². The van der Waals surface area contributed by atoms with Crippen LogP contribution >= 0.6 is 0 Å². The molecule has 0 unspecified atom stereocenters. The average Bonchev–Trinajstić information content (AvgIpc) is 3.15. The maximum Gasteiger partial charge on any atom is 0.312 e. The zero-order valence-electron chi connectivity index (χ0n) is 19.0. The molecule has 0 aliphatic heterocycles. The molecule has 0 radical (unpaired) electrons. The molecule has 5 N–H and O–H groups in total. The minimum Gasteiger partial charge on any atom is -0.443 e. The van der Waals surface area contributed by atoms with Gasteiger partial charge in [0.1, 0.15) is 11.0 Å². The van der Waals surface area contributed by atoms with E-state index in [4.69, 9.17) is 4.74 Å². The monoisotopic (exact) mass is 452 g/mol. The number of aliphatic hydroxyl groups is 3. The number of aliphatic hydroxyl groups excluding tert-OH is 3. The van der Waals surface area contributed by atoms with Gasteiger partial charge in [0, 0.05) is 32.4 Å². The van der Waals surface area contributed by atoms with E-state index in [1.54, 1.807) is 46.0 Å². The first-order valence-corrected chi connectivity index (χ1v) is 10.0. The van der Waals surface area contributed by atoms with Crippen molar-refractivity contribution in [3.63, 3.8) is 0 Å². The molecular weight excluding hydrogens is 420 g/mol. The molecule has 0 saturated heterocycles. The number of aromatic amines is 1. The third-order valence-corrected chi connectivity index (χ3v) is 4.75. The zero-order chi connectivity index (χ0) is 24.1. The second-order valence-corrected chi connectivity index (χ2v) is 8.81. The molecule has 0 fully saturated rings. The molecule has 0 aliphatic carbocycles. The Morgan fingerprint density at radius 1 is 1.28 bits per heavy atom. The molecule has 2 rings (SSSR count). The molecule has 0 amide bonds. The molecular formula is C20H32N6O6. The van der Waals surface area contributed by atoms with Crippen molar-refractivity contribution in [3.8, 4) is 0 Å². The molecule has 0 spiro atoms. The smallest absolute Gasteiger partial charge is 0.312 e. The summed E-state index contributed by atoms with van der Waals surface area (Å²) in [6.45, 7) is 3.42. The number of hydrogen-bond donors (Lipinski definition) is 5. The molecule has 0 aromatic carbocycles. The summed E-state index contributed by atoms with van der Waals surface area (Å²) in [6, 6.07) is 0. The van der Waals surface area contributed by atoms with Gasteiger partial charge in [-0.2, -0.15) is 0 Å². The third-order valence-electron chi connectivity index (χ3n) is 4.75. The van der Waals surface area contributed by atoms with Crippen LogP contribution in [0.2, 0.25) is 0 Å². The first-order chi connectivity index (χ1) is 15.0. The fourth-order valence-electron chi connectivity index (χ4n) is 2.59. The minimum absolute atomic E-state index is 0.0384. The van der Waals surface area contributed by atoms with E-state index in [1.165, 1.54) is 6.34 Å². The number of aliphatic imine (C=N–C) groups is 1. The molecule has 0 saturated carbocycles. The van der Waals surface area contributed by atoms with Crippen LogP contribution in [0.15, 0.2) is 16.0 Å². The van der Waals surface area contributed by atoms with Gasteiger partial charge >= 0.3 is 5.97 Å². The number of aromatic nitrogens is 3. The van der Waals surface area contributed by atoms with Crippen LogP contribution < -0.4 is 10.9 Å². The predicted molar refractivity (Wildman–Crippen MR) is 119 cm³/mol. The van der Waals surface area contributed by atoms with Crippen molar-refractivity contribution in [2.45, 2.75) is 39.6 Å². The van der Waals surface area contributed by atoms with E-state index in [9.17, 15) is 24.9 Å². The van der Waals surface area contributed by atoms with Gasteiger partial charge in [-0.15, -0.1) is 0 Å². The van der Waals surface area contributed by atoms with E-state index in [-0.39, 0.29) is 24.7 Å². The van der Waals surface area contributed by atoms with Crippen LogP contribution in [0.5, 0.6) is 0 Å². The Kier molecular flexibility index (Phi) is 8.13. The largest absolute Gasteiger partial charge is 0.443 e. The van der Waals surface area contributed by atoms with Crippen molar-refractivity contribution in [1.82, 2.24) is 24.8 Å². The summed E-state index contributed by atoms with van der Waals surface area (Å²) >= 11 is 0. The highest BCUT2D eigenvalue weighted by Crippen LogP contribution is 2.20. The van der Waals surface area contributed by atoms with Gasteiger partial charge in [0.15, 0.2) is 6.73 Å². The summed E-state index contributed by atoms with van der Waals surface area (Å²) < 4.78 is 6.45. The van der Waals surface area contributed by atoms with Crippen LogP contribution in [0.25, 0.3) is 11.0 Å². The standard InChI is InChI=1S/C20H32N6O6/c1-19(2,3)17(31)32-12-26-16(30)15-14(24-18(26)22-11-25(4)5)13(6-21-15)7-23-20(8-27,9-28)10-29/h6,11,21,23,27-29H,7-10,12H2,1-5H3/b22-11+. The van der Waals surface area contributed by atoms with E-state index in [0.717, 1.165) is 4.57 Å². The molecule has 178 valence electrons. The van der Waals surface area contributed by atoms with Crippen LogP contribution in [-0.2, 0) is 22.8 Å². The Balaban J connectivity index is 2.47. The van der Waals surface area contributed by atoms with Crippen LogP contribution in [0.1, 0.15) is 26.3 Å². The predicted octanol–water partition coefficient (Wildman–Crippen LogP) is -0.702. The number of rotatable bonds is 10. The second kappa shape index (κ2) is 10.2. The number of ether oxygens (including phenoxy) is 1. The van der Waals surface area contributed by atoms with E-state index in [1.807, 2.05) is 0 Å². The van der Waals surface area contributed by atoms with E-state index in [2.05, 4.69) is 20.3 Å². The fraction of sp³-hybridized carbons (Fsp3) is 0.600. The zero-order valence-corrected chi connectivity index (χ0v) is 19.0. The molecule has 2 aromatic rings. The number of nitrogens with zero attached hydrogens (tertiary/aromatic N) is 4. The molecule has 2 heterocycles. The van der Waals surface area contributed by atoms with Gasteiger partial charge in [-0.1, -0.05) is 0 Å². The first-order valence-electron chi connectivity index (χ1n) is 10.0. The lowest BCUT2D eigenvalue weighted by atomic mass is 9.98. The van der Waals surface area contributed by atoms with Crippen molar-refractivity contribution in [1.29, 1.82) is 0 Å². The summed E-state index contributed by atoms with van der Waals surface area (Å²) in [5, 5.41) is 31.4. The van der Waals surface area contributed by atoms with Gasteiger partial charge in [-0.05, 0) is 20.8 Å². The lowest BCUT2D eigenvalue weighted by Gasteiger charge is -2.28. The van der Waals surface area contributed by atoms with Crippen molar-refractivity contribution >= 4 is 29.3 Å². The van der Waals surface area contributed by atoms with Crippen molar-refractivity contribution in [2.24, 2.45) is 10.4 Å². The molecule has 12 nitrogen and oxygen atoms in total. The Morgan fingerprint density at radius 2 is 1.91 bits per heavy atom. The summed E-state index contributed by atoms with van der Waals surface area (Å²) in [5.74, 6) is -0.437. The summed E-state index contributed by atoms with van der Waals surface area (Å²) in [5.41, 5.74) is -1.43. The summed E-state index contributed by atoms with van der Waals surface area (Å²) in [6.07, 6.45) is 3.03. The Hall–Kier alpha value is -2.80. The van der Waals surface area contributed by atoms with E-state index in [0.29, 0.717) is 11.1 Å². The van der Waals surface area contributed by atoms with Crippen LogP contribution in [0.4, 0.5) is 5.95 Å². The van der Waals surface area contributed by atoms with Crippen molar-refractivity contribution < 1.29 is 24.9 Å². The van der Waals surface area contributed by atoms with Gasteiger partial charge in [0.05, 0.1) is 37.1 Å². The highest BCUT2D eigenvalue weighted by atomic mass is 16.5. The Labute approximate surface area is 185 Å². The number of H-pyrrole nitrogens is 1.